The Balaban J connectivity index is 2.28. The van der Waals surface area contributed by atoms with Gasteiger partial charge in [-0.15, -0.1) is 0 Å². The molecule has 3 N–H and O–H groups in total. The minimum Gasteiger partial charge on any atom is -0.497 e. The van der Waals surface area contributed by atoms with Crippen LogP contribution in [0, 0.1) is 5.82 Å². The Labute approximate surface area is 121 Å². The molecule has 2 aromatic rings. The van der Waals surface area contributed by atoms with E-state index < -0.39 is 11.7 Å². The van der Waals surface area contributed by atoms with Crippen molar-refractivity contribution in [3.8, 4) is 11.5 Å². The van der Waals surface area contributed by atoms with Crippen LogP contribution in [0.25, 0.3) is 0 Å². The van der Waals surface area contributed by atoms with Crippen molar-refractivity contribution in [2.75, 3.05) is 25.3 Å². The molecule has 0 bridgehead atoms. The van der Waals surface area contributed by atoms with Crippen LogP contribution in [0.15, 0.2) is 36.4 Å². The Bertz CT molecular complexity index is 674. The van der Waals surface area contributed by atoms with Gasteiger partial charge in [-0.2, -0.15) is 0 Å². The van der Waals surface area contributed by atoms with Gasteiger partial charge in [0, 0.05) is 11.6 Å². The Morgan fingerprint density at radius 2 is 1.90 bits per heavy atom. The minimum atomic E-state index is -0.564. The smallest absolute Gasteiger partial charge is 0.255 e. The highest BCUT2D eigenvalue weighted by Gasteiger charge is 2.12. The standard InChI is InChI=1S/C15H15FN2O3/c1-20-10-4-6-14(21-2)13(8-10)18-15(19)9-3-5-11(16)12(17)7-9/h3-8H,17H2,1-2H3,(H,18,19). The van der Waals surface area contributed by atoms with E-state index in [9.17, 15) is 9.18 Å². The van der Waals surface area contributed by atoms with Crippen molar-refractivity contribution in [3.63, 3.8) is 0 Å². The number of halogens is 1. The minimum absolute atomic E-state index is 0.0831. The number of rotatable bonds is 4. The van der Waals surface area contributed by atoms with Gasteiger partial charge in [0.05, 0.1) is 25.6 Å². The van der Waals surface area contributed by atoms with Crippen LogP contribution in [-0.2, 0) is 0 Å². The van der Waals surface area contributed by atoms with Crippen molar-refractivity contribution < 1.29 is 18.7 Å². The quantitative estimate of drug-likeness (QED) is 0.849. The number of nitrogens with one attached hydrogen (secondary N) is 1. The third-order valence-corrected chi connectivity index (χ3v) is 2.91. The van der Waals surface area contributed by atoms with E-state index in [2.05, 4.69) is 5.32 Å². The zero-order valence-electron chi connectivity index (χ0n) is 11.6. The second-order valence-corrected chi connectivity index (χ2v) is 4.26. The summed E-state index contributed by atoms with van der Waals surface area (Å²) in [6, 6.07) is 8.79. The predicted molar refractivity (Wildman–Crippen MR) is 78.3 cm³/mol. The molecule has 2 rings (SSSR count). The van der Waals surface area contributed by atoms with Gasteiger partial charge in [-0.3, -0.25) is 4.79 Å². The lowest BCUT2D eigenvalue weighted by atomic mass is 10.1. The first-order valence-electron chi connectivity index (χ1n) is 6.13. The maximum absolute atomic E-state index is 13.1. The normalized spacial score (nSPS) is 10.0. The summed E-state index contributed by atoms with van der Waals surface area (Å²) < 4.78 is 23.4. The van der Waals surface area contributed by atoms with E-state index in [4.69, 9.17) is 15.2 Å². The van der Waals surface area contributed by atoms with E-state index >= 15 is 0 Å². The number of anilines is 2. The second kappa shape index (κ2) is 6.13. The number of methoxy groups -OCH3 is 2. The van der Waals surface area contributed by atoms with E-state index in [1.165, 1.54) is 26.4 Å². The third-order valence-electron chi connectivity index (χ3n) is 2.91. The predicted octanol–water partition coefficient (Wildman–Crippen LogP) is 2.68. The van der Waals surface area contributed by atoms with Gasteiger partial charge < -0.3 is 20.5 Å². The first-order valence-corrected chi connectivity index (χ1v) is 6.13. The molecule has 21 heavy (non-hydrogen) atoms. The highest BCUT2D eigenvalue weighted by molar-refractivity contribution is 6.05. The summed E-state index contributed by atoms with van der Waals surface area (Å²) in [7, 11) is 3.02. The van der Waals surface area contributed by atoms with E-state index in [0.29, 0.717) is 17.2 Å². The molecule has 5 nitrogen and oxygen atoms in total. The molecule has 1 amide bonds. The van der Waals surface area contributed by atoms with Crippen molar-refractivity contribution in [3.05, 3.63) is 47.8 Å². The molecular weight excluding hydrogens is 275 g/mol. The van der Waals surface area contributed by atoms with Crippen LogP contribution in [-0.4, -0.2) is 20.1 Å². The molecule has 0 aromatic heterocycles. The molecule has 0 aliphatic heterocycles. The molecule has 0 aliphatic rings. The fraction of sp³-hybridized carbons (Fsp3) is 0.133. The molecule has 0 saturated carbocycles. The van der Waals surface area contributed by atoms with E-state index in [1.54, 1.807) is 18.2 Å². The summed E-state index contributed by atoms with van der Waals surface area (Å²) in [6.45, 7) is 0. The largest absolute Gasteiger partial charge is 0.497 e. The van der Waals surface area contributed by atoms with E-state index in [1.807, 2.05) is 0 Å². The van der Waals surface area contributed by atoms with E-state index in [-0.39, 0.29) is 11.3 Å². The Morgan fingerprint density at radius 3 is 2.52 bits per heavy atom. The van der Waals surface area contributed by atoms with Gasteiger partial charge in [-0.1, -0.05) is 0 Å². The molecule has 0 heterocycles. The van der Waals surface area contributed by atoms with Gasteiger partial charge >= 0.3 is 0 Å². The van der Waals surface area contributed by atoms with Gasteiger partial charge in [0.1, 0.15) is 17.3 Å². The van der Waals surface area contributed by atoms with Crippen LogP contribution in [0.3, 0.4) is 0 Å². The van der Waals surface area contributed by atoms with Crippen LogP contribution >= 0.6 is 0 Å². The number of hydrogen-bond donors (Lipinski definition) is 2. The van der Waals surface area contributed by atoms with Crippen LogP contribution < -0.4 is 20.5 Å². The van der Waals surface area contributed by atoms with Gasteiger partial charge in [-0.25, -0.2) is 4.39 Å². The van der Waals surface area contributed by atoms with Crippen LogP contribution in [0.5, 0.6) is 11.5 Å². The first kappa shape index (κ1) is 14.6. The Morgan fingerprint density at radius 1 is 1.14 bits per heavy atom. The van der Waals surface area contributed by atoms with Crippen molar-refractivity contribution in [1.29, 1.82) is 0 Å². The zero-order chi connectivity index (χ0) is 15.4. The molecule has 0 unspecified atom stereocenters. The molecule has 0 aliphatic carbocycles. The maximum Gasteiger partial charge on any atom is 0.255 e. The van der Waals surface area contributed by atoms with Crippen LogP contribution in [0.4, 0.5) is 15.8 Å². The molecule has 0 fully saturated rings. The van der Waals surface area contributed by atoms with Crippen molar-refractivity contribution in [1.82, 2.24) is 0 Å². The highest BCUT2D eigenvalue weighted by Crippen LogP contribution is 2.29. The molecule has 0 saturated heterocycles. The van der Waals surface area contributed by atoms with Crippen LogP contribution in [0.2, 0.25) is 0 Å². The number of benzene rings is 2. The first-order chi connectivity index (χ1) is 10.0. The topological polar surface area (TPSA) is 73.6 Å². The molecular formula is C15H15FN2O3. The van der Waals surface area contributed by atoms with E-state index in [0.717, 1.165) is 6.07 Å². The summed E-state index contributed by atoms with van der Waals surface area (Å²) in [5.74, 6) is 0.0720. The third kappa shape index (κ3) is 3.22. The number of hydrogen-bond acceptors (Lipinski definition) is 4. The fourth-order valence-corrected chi connectivity index (χ4v) is 1.79. The summed E-state index contributed by atoms with van der Waals surface area (Å²) in [4.78, 5) is 12.2. The number of amides is 1. The van der Waals surface area contributed by atoms with Crippen molar-refractivity contribution in [2.45, 2.75) is 0 Å². The fourth-order valence-electron chi connectivity index (χ4n) is 1.79. The maximum atomic E-state index is 13.1. The summed E-state index contributed by atoms with van der Waals surface area (Å²) in [5, 5.41) is 2.68. The summed E-state index contributed by atoms with van der Waals surface area (Å²) in [5.41, 5.74) is 6.07. The zero-order valence-corrected chi connectivity index (χ0v) is 11.6. The van der Waals surface area contributed by atoms with Crippen LogP contribution in [0.1, 0.15) is 10.4 Å². The monoisotopic (exact) mass is 290 g/mol. The lowest BCUT2D eigenvalue weighted by molar-refractivity contribution is 0.102. The molecule has 0 atom stereocenters. The molecule has 2 aromatic carbocycles. The molecule has 110 valence electrons. The number of carbonyl (C=O) groups is 1. The number of nitrogens with two attached hydrogens (primary N) is 1. The van der Waals surface area contributed by atoms with Gasteiger partial charge in [0.15, 0.2) is 0 Å². The average Bonchev–Trinajstić information content (AvgIpc) is 2.49. The number of nitrogen functional groups attached to an aromatic ring is 1. The summed E-state index contributed by atoms with van der Waals surface area (Å²) >= 11 is 0. The molecule has 0 spiro atoms. The van der Waals surface area contributed by atoms with Crippen molar-refractivity contribution >= 4 is 17.3 Å². The van der Waals surface area contributed by atoms with Gasteiger partial charge in [0.2, 0.25) is 0 Å². The molecule has 6 heteroatoms. The SMILES string of the molecule is COc1ccc(OC)c(NC(=O)c2ccc(F)c(N)c2)c1. The second-order valence-electron chi connectivity index (χ2n) is 4.26. The summed E-state index contributed by atoms with van der Waals surface area (Å²) in [6.07, 6.45) is 0. The van der Waals surface area contributed by atoms with Crippen molar-refractivity contribution in [2.24, 2.45) is 0 Å². The van der Waals surface area contributed by atoms with Gasteiger partial charge in [-0.05, 0) is 30.3 Å². The Kier molecular flexibility index (Phi) is 4.27. The highest BCUT2D eigenvalue weighted by atomic mass is 19.1. The average molecular weight is 290 g/mol. The number of ether oxygens (including phenoxy) is 2. The Hall–Kier alpha value is -2.76. The lowest BCUT2D eigenvalue weighted by Gasteiger charge is -2.12. The number of carbonyl (C=O) groups excluding carboxylic acids is 1. The lowest BCUT2D eigenvalue weighted by Crippen LogP contribution is -2.13. The molecule has 0 radical (unpaired) electrons. The van der Waals surface area contributed by atoms with Gasteiger partial charge in [0.25, 0.3) is 5.91 Å².